The predicted molar refractivity (Wildman–Crippen MR) is 105 cm³/mol. The molecule has 1 aromatic heterocycles. The molecule has 0 radical (unpaired) electrons. The van der Waals surface area contributed by atoms with Crippen molar-refractivity contribution in [2.75, 3.05) is 32.8 Å². The minimum absolute atomic E-state index is 0.0172. The number of morpholine rings is 1. The number of thiophene rings is 1. The average Bonchev–Trinajstić information content (AvgIpc) is 3.22. The first-order valence-corrected chi connectivity index (χ1v) is 9.98. The number of hydrogen-bond donors (Lipinski definition) is 2. The third-order valence-electron chi connectivity index (χ3n) is 4.61. The van der Waals surface area contributed by atoms with Crippen LogP contribution in [0.1, 0.15) is 22.0 Å². The summed E-state index contributed by atoms with van der Waals surface area (Å²) in [5, 5.41) is 7.39. The summed E-state index contributed by atoms with van der Waals surface area (Å²) in [6.45, 7) is 5.77. The highest BCUT2D eigenvalue weighted by atomic mass is 32.1. The number of rotatable bonds is 6. The number of benzene rings is 1. The number of nitrogens with one attached hydrogen (secondary N) is 2. The Morgan fingerprint density at radius 1 is 1.11 bits per heavy atom. The van der Waals surface area contributed by atoms with Gasteiger partial charge in [0.2, 0.25) is 0 Å². The molecule has 0 aliphatic carbocycles. The molecule has 0 saturated carbocycles. The molecule has 0 bridgehead atoms. The number of nitrogens with zero attached hydrogens (tertiary/aromatic N) is 1. The van der Waals surface area contributed by atoms with E-state index in [9.17, 15) is 9.59 Å². The second-order valence-electron chi connectivity index (χ2n) is 6.55. The third kappa shape index (κ3) is 5.63. The zero-order chi connectivity index (χ0) is 19.1. The van der Waals surface area contributed by atoms with Gasteiger partial charge in [-0.15, -0.1) is 11.3 Å². The van der Waals surface area contributed by atoms with E-state index in [-0.39, 0.29) is 6.04 Å². The molecule has 144 valence electrons. The second kappa shape index (κ2) is 9.64. The van der Waals surface area contributed by atoms with Gasteiger partial charge in [0.05, 0.1) is 25.8 Å². The maximum absolute atomic E-state index is 12.2. The van der Waals surface area contributed by atoms with Gasteiger partial charge in [-0.2, -0.15) is 0 Å². The van der Waals surface area contributed by atoms with Crippen LogP contribution in [0, 0.1) is 6.92 Å². The van der Waals surface area contributed by atoms with E-state index in [0.717, 1.165) is 23.5 Å². The van der Waals surface area contributed by atoms with Crippen molar-refractivity contribution < 1.29 is 14.3 Å². The second-order valence-corrected chi connectivity index (χ2v) is 7.58. The summed E-state index contributed by atoms with van der Waals surface area (Å²) in [5.74, 6) is -1.20. The Labute approximate surface area is 163 Å². The smallest absolute Gasteiger partial charge is 0.309 e. The van der Waals surface area contributed by atoms with Gasteiger partial charge in [0.25, 0.3) is 0 Å². The summed E-state index contributed by atoms with van der Waals surface area (Å²) in [6, 6.07) is 12.2. The molecule has 1 aliphatic heterocycles. The fourth-order valence-corrected chi connectivity index (χ4v) is 3.71. The van der Waals surface area contributed by atoms with Crippen molar-refractivity contribution in [2.45, 2.75) is 19.5 Å². The summed E-state index contributed by atoms with van der Waals surface area (Å²) in [5.41, 5.74) is 2.32. The van der Waals surface area contributed by atoms with Crippen LogP contribution in [-0.2, 0) is 20.9 Å². The molecule has 2 N–H and O–H groups in total. The van der Waals surface area contributed by atoms with Gasteiger partial charge in [0, 0.05) is 24.5 Å². The van der Waals surface area contributed by atoms with Crippen LogP contribution in [0.5, 0.6) is 0 Å². The lowest BCUT2D eigenvalue weighted by atomic mass is 10.0. The monoisotopic (exact) mass is 387 g/mol. The summed E-state index contributed by atoms with van der Waals surface area (Å²) in [6.07, 6.45) is 0. The number of aryl methyl sites for hydroxylation is 1. The zero-order valence-corrected chi connectivity index (χ0v) is 16.3. The highest BCUT2D eigenvalue weighted by Crippen LogP contribution is 2.21. The van der Waals surface area contributed by atoms with Gasteiger partial charge in [0.15, 0.2) is 0 Å². The molecule has 7 heteroatoms. The van der Waals surface area contributed by atoms with E-state index in [4.69, 9.17) is 4.74 Å². The number of hydrogen-bond acceptors (Lipinski definition) is 5. The van der Waals surface area contributed by atoms with Crippen LogP contribution < -0.4 is 10.6 Å². The predicted octanol–water partition coefficient (Wildman–Crippen LogP) is 1.86. The molecule has 1 atom stereocenters. The molecule has 2 heterocycles. The number of ether oxygens (including phenoxy) is 1. The lowest BCUT2D eigenvalue weighted by Crippen LogP contribution is -2.46. The Morgan fingerprint density at radius 2 is 1.81 bits per heavy atom. The molecule has 0 spiro atoms. The summed E-state index contributed by atoms with van der Waals surface area (Å²) >= 11 is 1.55. The van der Waals surface area contributed by atoms with Crippen LogP contribution in [-0.4, -0.2) is 49.6 Å². The molecule has 1 saturated heterocycles. The Bertz CT molecular complexity index is 740. The minimum Gasteiger partial charge on any atom is -0.379 e. The van der Waals surface area contributed by atoms with Crippen LogP contribution >= 0.6 is 11.3 Å². The number of carbonyl (C=O) groups is 2. The van der Waals surface area contributed by atoms with Crippen LogP contribution in [0.25, 0.3) is 0 Å². The Kier molecular flexibility index (Phi) is 6.98. The third-order valence-corrected chi connectivity index (χ3v) is 5.49. The zero-order valence-electron chi connectivity index (χ0n) is 15.4. The Balaban J connectivity index is 1.58. The summed E-state index contributed by atoms with van der Waals surface area (Å²) in [4.78, 5) is 27.6. The largest absolute Gasteiger partial charge is 0.379 e. The van der Waals surface area contributed by atoms with Crippen LogP contribution in [0.3, 0.4) is 0 Å². The lowest BCUT2D eigenvalue weighted by Gasteiger charge is -2.35. The maximum atomic E-state index is 12.2. The van der Waals surface area contributed by atoms with E-state index in [1.54, 1.807) is 11.3 Å². The van der Waals surface area contributed by atoms with Crippen molar-refractivity contribution in [3.8, 4) is 0 Å². The Morgan fingerprint density at radius 3 is 2.48 bits per heavy atom. The SMILES string of the molecule is Cc1ccc([C@@H](CNC(=O)C(=O)NCc2cccs2)N2CCOCC2)cc1. The summed E-state index contributed by atoms with van der Waals surface area (Å²) in [7, 11) is 0. The highest BCUT2D eigenvalue weighted by Gasteiger charge is 2.24. The quantitative estimate of drug-likeness (QED) is 0.743. The fourth-order valence-electron chi connectivity index (χ4n) is 3.07. The van der Waals surface area contributed by atoms with Gasteiger partial charge >= 0.3 is 11.8 Å². The van der Waals surface area contributed by atoms with Gasteiger partial charge in [-0.25, -0.2) is 0 Å². The molecule has 27 heavy (non-hydrogen) atoms. The molecule has 1 fully saturated rings. The van der Waals surface area contributed by atoms with Gasteiger partial charge < -0.3 is 15.4 Å². The van der Waals surface area contributed by atoms with Crippen molar-refractivity contribution in [1.82, 2.24) is 15.5 Å². The van der Waals surface area contributed by atoms with Crippen molar-refractivity contribution >= 4 is 23.2 Å². The topological polar surface area (TPSA) is 70.7 Å². The van der Waals surface area contributed by atoms with E-state index in [2.05, 4.69) is 39.8 Å². The van der Waals surface area contributed by atoms with Crippen molar-refractivity contribution in [3.05, 3.63) is 57.8 Å². The number of amides is 2. The van der Waals surface area contributed by atoms with Crippen LogP contribution in [0.15, 0.2) is 41.8 Å². The van der Waals surface area contributed by atoms with Gasteiger partial charge in [0.1, 0.15) is 0 Å². The van der Waals surface area contributed by atoms with Crippen molar-refractivity contribution in [1.29, 1.82) is 0 Å². The maximum Gasteiger partial charge on any atom is 0.309 e. The van der Waals surface area contributed by atoms with Gasteiger partial charge in [-0.3, -0.25) is 14.5 Å². The molecule has 2 amide bonds. The number of carbonyl (C=O) groups excluding carboxylic acids is 2. The van der Waals surface area contributed by atoms with Crippen LogP contribution in [0.2, 0.25) is 0 Å². The normalized spacial score (nSPS) is 15.9. The minimum atomic E-state index is -0.604. The summed E-state index contributed by atoms with van der Waals surface area (Å²) < 4.78 is 5.44. The first-order chi connectivity index (χ1) is 13.1. The van der Waals surface area contributed by atoms with Crippen LogP contribution in [0.4, 0.5) is 0 Å². The van der Waals surface area contributed by atoms with E-state index in [0.29, 0.717) is 26.3 Å². The highest BCUT2D eigenvalue weighted by molar-refractivity contribution is 7.09. The Hall–Kier alpha value is -2.22. The first-order valence-electron chi connectivity index (χ1n) is 9.10. The van der Waals surface area contributed by atoms with E-state index >= 15 is 0 Å². The molecular formula is C20H25N3O3S. The molecule has 3 rings (SSSR count). The molecular weight excluding hydrogens is 362 g/mol. The van der Waals surface area contributed by atoms with Gasteiger partial charge in [-0.05, 0) is 23.9 Å². The molecule has 2 aromatic rings. The first kappa shape index (κ1) is 19.5. The molecule has 1 aliphatic rings. The van der Waals surface area contributed by atoms with E-state index in [1.807, 2.05) is 24.4 Å². The van der Waals surface area contributed by atoms with Crippen molar-refractivity contribution in [3.63, 3.8) is 0 Å². The average molecular weight is 388 g/mol. The van der Waals surface area contributed by atoms with Gasteiger partial charge in [-0.1, -0.05) is 35.9 Å². The van der Waals surface area contributed by atoms with E-state index in [1.165, 1.54) is 5.56 Å². The van der Waals surface area contributed by atoms with Crippen molar-refractivity contribution in [2.24, 2.45) is 0 Å². The molecule has 1 aromatic carbocycles. The molecule has 6 nitrogen and oxygen atoms in total. The molecule has 0 unspecified atom stereocenters. The standard InChI is InChI=1S/C20H25N3O3S/c1-15-4-6-16(7-5-15)18(23-8-10-26-11-9-23)14-22-20(25)19(24)21-13-17-3-2-12-27-17/h2-7,12,18H,8-11,13-14H2,1H3,(H,21,24)(H,22,25)/t18-/m1/s1. The fraction of sp³-hybridized carbons (Fsp3) is 0.400. The lowest BCUT2D eigenvalue weighted by molar-refractivity contribution is -0.139. The van der Waals surface area contributed by atoms with E-state index < -0.39 is 11.8 Å².